The Morgan fingerprint density at radius 1 is 0.857 bits per heavy atom. The highest BCUT2D eigenvalue weighted by molar-refractivity contribution is 5.57. The first kappa shape index (κ1) is 7.92. The Balaban J connectivity index is 2.31. The van der Waals surface area contributed by atoms with E-state index in [1.807, 2.05) is 0 Å². The molecule has 1 aromatic carbocycles. The molecule has 14 heavy (non-hydrogen) atoms. The number of allylic oxidation sites excluding steroid dienone is 2. The van der Waals surface area contributed by atoms with Crippen LogP contribution in [0.25, 0.3) is 0 Å². The lowest BCUT2D eigenvalue weighted by Crippen LogP contribution is -2.17. The molecule has 0 amide bonds. The van der Waals surface area contributed by atoms with Crippen LogP contribution in [0.5, 0.6) is 11.5 Å². The summed E-state index contributed by atoms with van der Waals surface area (Å²) in [6, 6.07) is 3.17. The van der Waals surface area contributed by atoms with Gasteiger partial charge in [-0.2, -0.15) is 0 Å². The highest BCUT2D eigenvalue weighted by atomic mass is 16.3. The van der Waals surface area contributed by atoms with Gasteiger partial charge in [0.25, 0.3) is 0 Å². The second-order valence-electron chi connectivity index (χ2n) is 4.11. The van der Waals surface area contributed by atoms with E-state index in [1.165, 1.54) is 0 Å². The highest BCUT2D eigenvalue weighted by Crippen LogP contribution is 2.51. The third kappa shape index (κ3) is 0.857. The monoisotopic (exact) mass is 188 g/mol. The molecule has 0 spiro atoms. The summed E-state index contributed by atoms with van der Waals surface area (Å²) >= 11 is 0. The van der Waals surface area contributed by atoms with E-state index in [2.05, 4.69) is 12.2 Å². The SMILES string of the molecule is Oc1ccc(O)c2c1[C@H]1C=C[C@H]2CC1. The van der Waals surface area contributed by atoms with Crippen LogP contribution in [-0.4, -0.2) is 10.2 Å². The van der Waals surface area contributed by atoms with Crippen molar-refractivity contribution in [2.75, 3.05) is 0 Å². The van der Waals surface area contributed by atoms with Crippen LogP contribution in [0.15, 0.2) is 24.3 Å². The lowest BCUT2D eigenvalue weighted by molar-refractivity contribution is 0.421. The summed E-state index contributed by atoms with van der Waals surface area (Å²) in [6.07, 6.45) is 6.47. The Kier molecular flexibility index (Phi) is 1.43. The molecule has 3 aliphatic rings. The lowest BCUT2D eigenvalue weighted by atomic mass is 9.71. The number of phenols is 2. The zero-order valence-electron chi connectivity index (χ0n) is 7.77. The van der Waals surface area contributed by atoms with Gasteiger partial charge in [-0.1, -0.05) is 12.2 Å². The average Bonchev–Trinajstić information content (AvgIpc) is 2.25. The molecule has 0 aromatic heterocycles. The van der Waals surface area contributed by atoms with Gasteiger partial charge in [-0.25, -0.2) is 0 Å². The number of hydrogen-bond acceptors (Lipinski definition) is 2. The van der Waals surface area contributed by atoms with Crippen molar-refractivity contribution in [3.63, 3.8) is 0 Å². The maximum atomic E-state index is 9.76. The Labute approximate surface area is 82.5 Å². The fourth-order valence-corrected chi connectivity index (χ4v) is 2.69. The Morgan fingerprint density at radius 2 is 1.29 bits per heavy atom. The van der Waals surface area contributed by atoms with Crippen LogP contribution in [0.2, 0.25) is 0 Å². The van der Waals surface area contributed by atoms with Crippen LogP contribution in [0.1, 0.15) is 35.8 Å². The molecule has 2 nitrogen and oxygen atoms in total. The van der Waals surface area contributed by atoms with Gasteiger partial charge >= 0.3 is 0 Å². The molecule has 0 unspecified atom stereocenters. The fourth-order valence-electron chi connectivity index (χ4n) is 2.69. The van der Waals surface area contributed by atoms with Crippen LogP contribution in [-0.2, 0) is 0 Å². The third-order valence-electron chi connectivity index (χ3n) is 3.35. The van der Waals surface area contributed by atoms with Gasteiger partial charge < -0.3 is 10.2 Å². The molecule has 1 aromatic rings. The van der Waals surface area contributed by atoms with Gasteiger partial charge in [-0.15, -0.1) is 0 Å². The van der Waals surface area contributed by atoms with Crippen molar-refractivity contribution < 1.29 is 10.2 Å². The zero-order chi connectivity index (χ0) is 9.71. The van der Waals surface area contributed by atoms with E-state index in [0.29, 0.717) is 23.3 Å². The molecule has 0 aliphatic heterocycles. The number of fused-ring (bicyclic) bond motifs is 1. The van der Waals surface area contributed by atoms with E-state index >= 15 is 0 Å². The van der Waals surface area contributed by atoms with E-state index in [4.69, 9.17) is 0 Å². The average molecular weight is 188 g/mol. The minimum Gasteiger partial charge on any atom is -0.508 e. The summed E-state index contributed by atoms with van der Waals surface area (Å²) in [7, 11) is 0. The quantitative estimate of drug-likeness (QED) is 0.485. The fraction of sp³-hybridized carbons (Fsp3) is 0.333. The summed E-state index contributed by atoms with van der Waals surface area (Å²) < 4.78 is 0. The van der Waals surface area contributed by atoms with E-state index < -0.39 is 0 Å². The maximum Gasteiger partial charge on any atom is 0.119 e. The van der Waals surface area contributed by atoms with E-state index in [9.17, 15) is 10.2 Å². The van der Waals surface area contributed by atoms with Crippen LogP contribution in [0.3, 0.4) is 0 Å². The first-order chi connectivity index (χ1) is 6.77. The Bertz CT molecular complexity index is 382. The van der Waals surface area contributed by atoms with Gasteiger partial charge in [0.05, 0.1) is 0 Å². The Hall–Kier alpha value is -1.44. The molecule has 2 N–H and O–H groups in total. The van der Waals surface area contributed by atoms with Crippen molar-refractivity contribution in [2.24, 2.45) is 0 Å². The highest BCUT2D eigenvalue weighted by Gasteiger charge is 2.32. The molecule has 0 fully saturated rings. The van der Waals surface area contributed by atoms with Crippen LogP contribution in [0, 0.1) is 0 Å². The molecule has 0 saturated carbocycles. The smallest absolute Gasteiger partial charge is 0.119 e. The number of hydrogen-bond donors (Lipinski definition) is 2. The molecule has 0 heterocycles. The second-order valence-corrected chi connectivity index (χ2v) is 4.11. The molecule has 4 rings (SSSR count). The number of aromatic hydroxyl groups is 2. The minimum absolute atomic E-state index is 0.307. The van der Waals surface area contributed by atoms with Gasteiger partial charge in [0.2, 0.25) is 0 Å². The van der Waals surface area contributed by atoms with Crippen molar-refractivity contribution in [1.82, 2.24) is 0 Å². The standard InChI is InChI=1S/C12H12O2/c13-9-5-6-10(14)12-8-2-1-7(3-4-8)11(9)12/h1-2,5-8,13-14H,3-4H2/t7-,8-/m0/s1. The van der Waals surface area contributed by atoms with Gasteiger partial charge in [0.1, 0.15) is 11.5 Å². The molecule has 0 radical (unpaired) electrons. The number of benzene rings is 1. The molecule has 2 heteroatoms. The predicted octanol–water partition coefficient (Wildman–Crippen LogP) is 2.63. The molecular weight excluding hydrogens is 176 g/mol. The van der Waals surface area contributed by atoms with Gasteiger partial charge in [0, 0.05) is 23.0 Å². The maximum absolute atomic E-state index is 9.76. The largest absolute Gasteiger partial charge is 0.508 e. The van der Waals surface area contributed by atoms with Crippen molar-refractivity contribution in [3.05, 3.63) is 35.4 Å². The predicted molar refractivity (Wildman–Crippen MR) is 53.6 cm³/mol. The second kappa shape index (κ2) is 2.53. The summed E-state index contributed by atoms with van der Waals surface area (Å²) in [5.74, 6) is 1.28. The van der Waals surface area contributed by atoms with Crippen molar-refractivity contribution in [2.45, 2.75) is 24.7 Å². The third-order valence-corrected chi connectivity index (χ3v) is 3.35. The normalized spacial score (nSPS) is 27.7. The first-order valence-electron chi connectivity index (χ1n) is 5.00. The van der Waals surface area contributed by atoms with Gasteiger partial charge in [-0.3, -0.25) is 0 Å². The lowest BCUT2D eigenvalue weighted by Gasteiger charge is -2.34. The molecule has 2 atom stereocenters. The van der Waals surface area contributed by atoms with Gasteiger partial charge in [-0.05, 0) is 25.0 Å². The summed E-state index contributed by atoms with van der Waals surface area (Å²) in [5, 5.41) is 19.5. The molecule has 72 valence electrons. The topological polar surface area (TPSA) is 40.5 Å². The molecule has 0 saturated heterocycles. The molecular formula is C12H12O2. The first-order valence-corrected chi connectivity index (χ1v) is 5.00. The molecule has 2 bridgehead atoms. The van der Waals surface area contributed by atoms with E-state index in [-0.39, 0.29) is 0 Å². The van der Waals surface area contributed by atoms with Crippen molar-refractivity contribution in [1.29, 1.82) is 0 Å². The zero-order valence-corrected chi connectivity index (χ0v) is 7.77. The van der Waals surface area contributed by atoms with Crippen molar-refractivity contribution in [3.8, 4) is 11.5 Å². The van der Waals surface area contributed by atoms with Crippen LogP contribution < -0.4 is 0 Å². The van der Waals surface area contributed by atoms with Crippen molar-refractivity contribution >= 4 is 0 Å². The molecule has 3 aliphatic carbocycles. The van der Waals surface area contributed by atoms with E-state index in [1.54, 1.807) is 12.1 Å². The van der Waals surface area contributed by atoms with Crippen LogP contribution >= 0.6 is 0 Å². The number of rotatable bonds is 0. The minimum atomic E-state index is 0.307. The van der Waals surface area contributed by atoms with Gasteiger partial charge in [0.15, 0.2) is 0 Å². The summed E-state index contributed by atoms with van der Waals surface area (Å²) in [4.78, 5) is 0. The summed E-state index contributed by atoms with van der Waals surface area (Å²) in [6.45, 7) is 0. The van der Waals surface area contributed by atoms with E-state index in [0.717, 1.165) is 24.0 Å². The van der Waals surface area contributed by atoms with Crippen LogP contribution in [0.4, 0.5) is 0 Å². The Morgan fingerprint density at radius 3 is 1.64 bits per heavy atom. The number of phenolic OH excluding ortho intramolecular Hbond substituents is 2. The summed E-state index contributed by atoms with van der Waals surface area (Å²) in [5.41, 5.74) is 1.90.